The summed E-state index contributed by atoms with van der Waals surface area (Å²) in [7, 11) is 1.74. The van der Waals surface area contributed by atoms with Crippen molar-refractivity contribution in [3.05, 3.63) is 35.1 Å². The van der Waals surface area contributed by atoms with Crippen molar-refractivity contribution in [2.45, 2.75) is 13.0 Å². The number of hydrogen-bond acceptors (Lipinski definition) is 3. The van der Waals surface area contributed by atoms with Crippen molar-refractivity contribution in [1.82, 2.24) is 10.2 Å². The average Bonchev–Trinajstić information content (AvgIpc) is 2.39. The number of aryl methyl sites for hydroxylation is 1. The first-order chi connectivity index (χ1) is 9.08. The van der Waals surface area contributed by atoms with Crippen LogP contribution in [-0.2, 0) is 4.74 Å². The summed E-state index contributed by atoms with van der Waals surface area (Å²) in [5, 5.41) is 3.23. The van der Waals surface area contributed by atoms with Crippen LogP contribution in [0.25, 0.3) is 0 Å². The second-order valence-electron chi connectivity index (χ2n) is 4.84. The van der Waals surface area contributed by atoms with Gasteiger partial charge in [-0.3, -0.25) is 4.79 Å². The Morgan fingerprint density at radius 1 is 1.58 bits per heavy atom. The van der Waals surface area contributed by atoms with E-state index in [0.29, 0.717) is 24.3 Å². The van der Waals surface area contributed by atoms with Gasteiger partial charge in [-0.25, -0.2) is 4.39 Å². The molecule has 1 heterocycles. The molecule has 1 aromatic rings. The van der Waals surface area contributed by atoms with Crippen LogP contribution in [0.2, 0.25) is 0 Å². The summed E-state index contributed by atoms with van der Waals surface area (Å²) in [4.78, 5) is 13.9. The Morgan fingerprint density at radius 2 is 2.37 bits per heavy atom. The molecule has 0 radical (unpaired) electrons. The molecule has 0 saturated carbocycles. The van der Waals surface area contributed by atoms with Gasteiger partial charge in [-0.15, -0.1) is 0 Å². The van der Waals surface area contributed by atoms with E-state index in [1.807, 2.05) is 0 Å². The van der Waals surface area contributed by atoms with Gasteiger partial charge >= 0.3 is 0 Å². The number of carbonyl (C=O) groups excluding carboxylic acids is 1. The van der Waals surface area contributed by atoms with E-state index in [9.17, 15) is 9.18 Å². The lowest BCUT2D eigenvalue weighted by Gasteiger charge is -2.28. The van der Waals surface area contributed by atoms with Crippen molar-refractivity contribution in [1.29, 1.82) is 0 Å². The fourth-order valence-electron chi connectivity index (χ4n) is 2.20. The van der Waals surface area contributed by atoms with Gasteiger partial charge in [0.05, 0.1) is 12.7 Å². The smallest absolute Gasteiger partial charge is 0.253 e. The summed E-state index contributed by atoms with van der Waals surface area (Å²) in [6.07, 6.45) is 0.0171. The Morgan fingerprint density at radius 3 is 3.00 bits per heavy atom. The summed E-state index contributed by atoms with van der Waals surface area (Å²) in [5.74, 6) is -0.428. The zero-order chi connectivity index (χ0) is 13.8. The zero-order valence-corrected chi connectivity index (χ0v) is 11.3. The first kappa shape index (κ1) is 14.0. The summed E-state index contributed by atoms with van der Waals surface area (Å²) in [6, 6.07) is 4.22. The maximum absolute atomic E-state index is 13.0. The van der Waals surface area contributed by atoms with Crippen molar-refractivity contribution in [3.8, 4) is 0 Å². The standard InChI is InChI=1S/C14H19FN2O2/c1-10-7-11(15)3-4-13(10)14(18)17(2)9-12-8-16-5-6-19-12/h3-4,7,12,16H,5-6,8-9H2,1-2H3. The lowest BCUT2D eigenvalue weighted by Crippen LogP contribution is -2.45. The van der Waals surface area contributed by atoms with Crippen molar-refractivity contribution in [2.75, 3.05) is 33.3 Å². The van der Waals surface area contributed by atoms with Crippen molar-refractivity contribution in [3.63, 3.8) is 0 Å². The van der Waals surface area contributed by atoms with E-state index in [1.165, 1.54) is 18.2 Å². The molecule has 0 aromatic heterocycles. The predicted molar refractivity (Wildman–Crippen MR) is 70.7 cm³/mol. The van der Waals surface area contributed by atoms with E-state index in [-0.39, 0.29) is 17.8 Å². The SMILES string of the molecule is Cc1cc(F)ccc1C(=O)N(C)CC1CNCCO1. The molecular weight excluding hydrogens is 247 g/mol. The minimum absolute atomic E-state index is 0.0171. The van der Waals surface area contributed by atoms with E-state index in [4.69, 9.17) is 4.74 Å². The number of nitrogens with one attached hydrogen (secondary N) is 1. The lowest BCUT2D eigenvalue weighted by molar-refractivity contribution is 0.0103. The Balaban J connectivity index is 2.01. The molecule has 1 aliphatic heterocycles. The van der Waals surface area contributed by atoms with Crippen molar-refractivity contribution < 1.29 is 13.9 Å². The third-order valence-corrected chi connectivity index (χ3v) is 3.25. The maximum atomic E-state index is 13.0. The minimum atomic E-state index is -0.323. The molecule has 1 saturated heterocycles. The number of halogens is 1. The molecule has 5 heteroatoms. The largest absolute Gasteiger partial charge is 0.374 e. The molecule has 1 amide bonds. The molecule has 1 unspecified atom stereocenters. The van der Waals surface area contributed by atoms with Gasteiger partial charge < -0.3 is 15.0 Å². The number of ether oxygens (including phenoxy) is 1. The van der Waals surface area contributed by atoms with Gasteiger partial charge in [-0.1, -0.05) is 0 Å². The van der Waals surface area contributed by atoms with Gasteiger partial charge in [-0.05, 0) is 30.7 Å². The van der Waals surface area contributed by atoms with Crippen LogP contribution in [0.3, 0.4) is 0 Å². The highest BCUT2D eigenvalue weighted by atomic mass is 19.1. The zero-order valence-electron chi connectivity index (χ0n) is 11.3. The number of carbonyl (C=O) groups is 1. The Bertz CT molecular complexity index is 459. The van der Waals surface area contributed by atoms with Gasteiger partial charge in [0.25, 0.3) is 5.91 Å². The highest BCUT2D eigenvalue weighted by Crippen LogP contribution is 2.13. The second-order valence-corrected chi connectivity index (χ2v) is 4.84. The van der Waals surface area contributed by atoms with Crippen LogP contribution >= 0.6 is 0 Å². The molecule has 4 nitrogen and oxygen atoms in total. The summed E-state index contributed by atoms with van der Waals surface area (Å²) >= 11 is 0. The number of hydrogen-bond donors (Lipinski definition) is 1. The maximum Gasteiger partial charge on any atom is 0.253 e. The monoisotopic (exact) mass is 266 g/mol. The van der Waals surface area contributed by atoms with Crippen molar-refractivity contribution in [2.24, 2.45) is 0 Å². The Hall–Kier alpha value is -1.46. The molecule has 1 aliphatic rings. The van der Waals surface area contributed by atoms with Gasteiger partial charge in [0.2, 0.25) is 0 Å². The molecule has 1 atom stereocenters. The third-order valence-electron chi connectivity index (χ3n) is 3.25. The predicted octanol–water partition coefficient (Wildman–Crippen LogP) is 1.19. The summed E-state index contributed by atoms with van der Waals surface area (Å²) < 4.78 is 18.6. The van der Waals surface area contributed by atoms with Gasteiger partial charge in [0.15, 0.2) is 0 Å². The first-order valence-electron chi connectivity index (χ1n) is 6.42. The molecule has 1 N–H and O–H groups in total. The average molecular weight is 266 g/mol. The number of amides is 1. The van der Waals surface area contributed by atoms with Gasteiger partial charge in [0.1, 0.15) is 5.82 Å². The Kier molecular flexibility index (Phi) is 4.50. The van der Waals surface area contributed by atoms with E-state index < -0.39 is 0 Å². The lowest BCUT2D eigenvalue weighted by atomic mass is 10.1. The van der Waals surface area contributed by atoms with Crippen LogP contribution in [0.4, 0.5) is 4.39 Å². The van der Waals surface area contributed by atoms with E-state index in [2.05, 4.69) is 5.32 Å². The second kappa shape index (κ2) is 6.12. The van der Waals surface area contributed by atoms with Crippen LogP contribution in [0.1, 0.15) is 15.9 Å². The highest BCUT2D eigenvalue weighted by Gasteiger charge is 2.20. The van der Waals surface area contributed by atoms with Crippen LogP contribution in [0.5, 0.6) is 0 Å². The molecule has 104 valence electrons. The van der Waals surface area contributed by atoms with Gasteiger partial charge in [0, 0.05) is 32.2 Å². The van der Waals surface area contributed by atoms with Gasteiger partial charge in [-0.2, -0.15) is 0 Å². The summed E-state index contributed by atoms with van der Waals surface area (Å²) in [5.41, 5.74) is 1.19. The molecule has 1 aromatic carbocycles. The third kappa shape index (κ3) is 3.52. The molecule has 0 bridgehead atoms. The number of rotatable bonds is 3. The first-order valence-corrected chi connectivity index (χ1v) is 6.42. The highest BCUT2D eigenvalue weighted by molar-refractivity contribution is 5.95. The van der Waals surface area contributed by atoms with Crippen LogP contribution < -0.4 is 5.32 Å². The molecule has 0 spiro atoms. The quantitative estimate of drug-likeness (QED) is 0.893. The fraction of sp³-hybridized carbons (Fsp3) is 0.500. The van der Waals surface area contributed by atoms with Crippen LogP contribution in [0, 0.1) is 12.7 Å². The fourth-order valence-corrected chi connectivity index (χ4v) is 2.20. The van der Waals surface area contributed by atoms with Crippen molar-refractivity contribution >= 4 is 5.91 Å². The van der Waals surface area contributed by atoms with E-state index >= 15 is 0 Å². The minimum Gasteiger partial charge on any atom is -0.374 e. The van der Waals surface area contributed by atoms with E-state index in [0.717, 1.165) is 13.1 Å². The Labute approximate surface area is 112 Å². The number of morpholine rings is 1. The normalized spacial score (nSPS) is 19.2. The van der Waals surface area contributed by atoms with E-state index in [1.54, 1.807) is 18.9 Å². The molecule has 1 fully saturated rings. The molecular formula is C14H19FN2O2. The number of nitrogens with zero attached hydrogens (tertiary/aromatic N) is 1. The topological polar surface area (TPSA) is 41.6 Å². The molecule has 0 aliphatic carbocycles. The molecule has 19 heavy (non-hydrogen) atoms. The number of benzene rings is 1. The molecule has 2 rings (SSSR count). The summed E-state index contributed by atoms with van der Waals surface area (Å²) in [6.45, 7) is 4.54. The van der Waals surface area contributed by atoms with Crippen LogP contribution in [-0.4, -0.2) is 50.2 Å². The van der Waals surface area contributed by atoms with Crippen LogP contribution in [0.15, 0.2) is 18.2 Å². The number of likely N-dealkylation sites (N-methyl/N-ethyl adjacent to an activating group) is 1.